The Morgan fingerprint density at radius 1 is 1.50 bits per heavy atom. The fraction of sp³-hybridized carbons (Fsp3) is 0.462. The van der Waals surface area contributed by atoms with Crippen LogP contribution in [-0.2, 0) is 6.54 Å². The molecule has 0 unspecified atom stereocenters. The van der Waals surface area contributed by atoms with Crippen LogP contribution >= 0.6 is 15.9 Å². The molecule has 0 saturated heterocycles. The van der Waals surface area contributed by atoms with Crippen LogP contribution in [0.1, 0.15) is 24.8 Å². The van der Waals surface area contributed by atoms with E-state index in [9.17, 15) is 4.39 Å². The first-order valence-corrected chi connectivity index (χ1v) is 6.92. The Morgan fingerprint density at radius 2 is 2.28 bits per heavy atom. The Balaban J connectivity index is 1.84. The number of guanidine groups is 1. The molecule has 0 amide bonds. The number of hydrogen-bond acceptors (Lipinski definition) is 1. The Bertz CT molecular complexity index is 444. The number of aliphatic imine (C=N–C) groups is 1. The lowest BCUT2D eigenvalue weighted by molar-refractivity contribution is 0.315. The van der Waals surface area contributed by atoms with Crippen LogP contribution in [0.2, 0.25) is 0 Å². The molecular formula is C13H17BrFN3. The SMILES string of the molecule is NC(=NCc1ccc(F)cc1Br)NCC1CCC1. The second kappa shape index (κ2) is 6.18. The van der Waals surface area contributed by atoms with Gasteiger partial charge in [0.15, 0.2) is 5.96 Å². The van der Waals surface area contributed by atoms with Crippen molar-refractivity contribution in [2.24, 2.45) is 16.6 Å². The summed E-state index contributed by atoms with van der Waals surface area (Å²) >= 11 is 3.31. The van der Waals surface area contributed by atoms with Gasteiger partial charge in [-0.3, -0.25) is 0 Å². The van der Waals surface area contributed by atoms with Gasteiger partial charge in [-0.15, -0.1) is 0 Å². The number of benzene rings is 1. The molecule has 0 radical (unpaired) electrons. The van der Waals surface area contributed by atoms with Gasteiger partial charge in [0, 0.05) is 11.0 Å². The van der Waals surface area contributed by atoms with Crippen molar-refractivity contribution in [1.29, 1.82) is 0 Å². The molecule has 1 aliphatic rings. The molecule has 0 spiro atoms. The smallest absolute Gasteiger partial charge is 0.188 e. The molecule has 3 N–H and O–H groups in total. The average Bonchev–Trinajstić information content (AvgIpc) is 2.25. The van der Waals surface area contributed by atoms with Crippen LogP contribution in [-0.4, -0.2) is 12.5 Å². The van der Waals surface area contributed by atoms with Crippen LogP contribution < -0.4 is 11.1 Å². The molecule has 2 rings (SSSR count). The first-order chi connectivity index (χ1) is 8.65. The van der Waals surface area contributed by atoms with Gasteiger partial charge in [-0.2, -0.15) is 0 Å². The molecule has 1 saturated carbocycles. The monoisotopic (exact) mass is 313 g/mol. The molecule has 1 fully saturated rings. The number of nitrogens with zero attached hydrogens (tertiary/aromatic N) is 1. The summed E-state index contributed by atoms with van der Waals surface area (Å²) in [4.78, 5) is 4.25. The number of nitrogens with two attached hydrogens (primary N) is 1. The largest absolute Gasteiger partial charge is 0.370 e. The maximum atomic E-state index is 12.9. The molecule has 0 aliphatic heterocycles. The van der Waals surface area contributed by atoms with Crippen LogP contribution in [0, 0.1) is 11.7 Å². The summed E-state index contributed by atoms with van der Waals surface area (Å²) in [6.45, 7) is 1.35. The molecule has 18 heavy (non-hydrogen) atoms. The number of halogens is 2. The highest BCUT2D eigenvalue weighted by molar-refractivity contribution is 9.10. The zero-order chi connectivity index (χ0) is 13.0. The van der Waals surface area contributed by atoms with Gasteiger partial charge in [-0.05, 0) is 36.5 Å². The van der Waals surface area contributed by atoms with E-state index in [1.807, 2.05) is 0 Å². The average molecular weight is 314 g/mol. The molecule has 0 aromatic heterocycles. The van der Waals surface area contributed by atoms with Crippen molar-refractivity contribution >= 4 is 21.9 Å². The van der Waals surface area contributed by atoms with E-state index in [1.54, 1.807) is 6.07 Å². The summed E-state index contributed by atoms with van der Waals surface area (Å²) in [5.74, 6) is 0.945. The highest BCUT2D eigenvalue weighted by atomic mass is 79.9. The summed E-state index contributed by atoms with van der Waals surface area (Å²) < 4.78 is 13.6. The van der Waals surface area contributed by atoms with Crippen molar-refractivity contribution in [3.63, 3.8) is 0 Å². The normalized spacial score (nSPS) is 16.4. The van der Waals surface area contributed by atoms with Gasteiger partial charge in [0.05, 0.1) is 6.54 Å². The second-order valence-electron chi connectivity index (χ2n) is 4.62. The third-order valence-corrected chi connectivity index (χ3v) is 3.97. The van der Waals surface area contributed by atoms with Crippen LogP contribution in [0.15, 0.2) is 27.7 Å². The minimum absolute atomic E-state index is 0.259. The second-order valence-corrected chi connectivity index (χ2v) is 5.47. The summed E-state index contributed by atoms with van der Waals surface area (Å²) in [5.41, 5.74) is 6.70. The van der Waals surface area contributed by atoms with E-state index in [1.165, 1.54) is 31.4 Å². The van der Waals surface area contributed by atoms with Gasteiger partial charge in [-0.25, -0.2) is 9.38 Å². The van der Waals surface area contributed by atoms with E-state index in [4.69, 9.17) is 5.73 Å². The summed E-state index contributed by atoms with van der Waals surface area (Å²) in [6.07, 6.45) is 3.89. The third kappa shape index (κ3) is 3.70. The van der Waals surface area contributed by atoms with E-state index in [-0.39, 0.29) is 5.82 Å². The Labute approximate surface area is 115 Å². The fourth-order valence-corrected chi connectivity index (χ4v) is 2.30. The molecule has 1 aromatic carbocycles. The number of rotatable bonds is 4. The van der Waals surface area contributed by atoms with Gasteiger partial charge in [-0.1, -0.05) is 28.4 Å². The van der Waals surface area contributed by atoms with Gasteiger partial charge < -0.3 is 11.1 Å². The first kappa shape index (κ1) is 13.3. The predicted octanol–water partition coefficient (Wildman–Crippen LogP) is 2.79. The Kier molecular flexibility index (Phi) is 4.58. The Hall–Kier alpha value is -1.10. The van der Waals surface area contributed by atoms with Gasteiger partial charge in [0.25, 0.3) is 0 Å². The predicted molar refractivity (Wildman–Crippen MR) is 74.8 cm³/mol. The lowest BCUT2D eigenvalue weighted by Crippen LogP contribution is -2.37. The topological polar surface area (TPSA) is 50.4 Å². The van der Waals surface area contributed by atoms with Crippen molar-refractivity contribution in [2.75, 3.05) is 6.54 Å². The minimum atomic E-state index is -0.259. The van der Waals surface area contributed by atoms with E-state index >= 15 is 0 Å². The van der Waals surface area contributed by atoms with Crippen LogP contribution in [0.4, 0.5) is 4.39 Å². The molecule has 0 bridgehead atoms. The third-order valence-electron chi connectivity index (χ3n) is 3.23. The maximum Gasteiger partial charge on any atom is 0.188 e. The molecular weight excluding hydrogens is 297 g/mol. The van der Waals surface area contributed by atoms with Crippen molar-refractivity contribution in [3.8, 4) is 0 Å². The zero-order valence-corrected chi connectivity index (χ0v) is 11.7. The fourth-order valence-electron chi connectivity index (χ4n) is 1.82. The van der Waals surface area contributed by atoms with E-state index in [0.29, 0.717) is 12.5 Å². The van der Waals surface area contributed by atoms with Gasteiger partial charge in [0.1, 0.15) is 5.82 Å². The number of nitrogens with one attached hydrogen (secondary N) is 1. The minimum Gasteiger partial charge on any atom is -0.370 e. The van der Waals surface area contributed by atoms with Crippen molar-refractivity contribution in [3.05, 3.63) is 34.1 Å². The lowest BCUT2D eigenvalue weighted by Gasteiger charge is -2.25. The van der Waals surface area contributed by atoms with E-state index < -0.39 is 0 Å². The van der Waals surface area contributed by atoms with Crippen LogP contribution in [0.3, 0.4) is 0 Å². The van der Waals surface area contributed by atoms with Gasteiger partial charge >= 0.3 is 0 Å². The molecule has 1 aliphatic carbocycles. The highest BCUT2D eigenvalue weighted by Gasteiger charge is 2.16. The molecule has 0 atom stereocenters. The van der Waals surface area contributed by atoms with Crippen LogP contribution in [0.25, 0.3) is 0 Å². The zero-order valence-electron chi connectivity index (χ0n) is 10.1. The van der Waals surface area contributed by atoms with Crippen molar-refractivity contribution < 1.29 is 4.39 Å². The van der Waals surface area contributed by atoms with E-state index in [2.05, 4.69) is 26.2 Å². The van der Waals surface area contributed by atoms with Gasteiger partial charge in [0.2, 0.25) is 0 Å². The highest BCUT2D eigenvalue weighted by Crippen LogP contribution is 2.25. The van der Waals surface area contributed by atoms with Crippen molar-refractivity contribution in [2.45, 2.75) is 25.8 Å². The van der Waals surface area contributed by atoms with Crippen LogP contribution in [0.5, 0.6) is 0 Å². The standard InChI is InChI=1S/C13H17BrFN3/c14-12-6-11(15)5-4-10(12)8-18-13(16)17-7-9-2-1-3-9/h4-6,9H,1-3,7-8H2,(H3,16,17,18). The summed E-state index contributed by atoms with van der Waals surface area (Å²) in [6, 6.07) is 4.57. The number of hydrogen-bond donors (Lipinski definition) is 2. The molecule has 5 heteroatoms. The molecule has 1 aromatic rings. The maximum absolute atomic E-state index is 12.9. The first-order valence-electron chi connectivity index (χ1n) is 6.13. The molecule has 98 valence electrons. The van der Waals surface area contributed by atoms with E-state index in [0.717, 1.165) is 22.5 Å². The summed E-state index contributed by atoms with van der Waals surface area (Å²) in [7, 11) is 0. The lowest BCUT2D eigenvalue weighted by atomic mass is 9.85. The Morgan fingerprint density at radius 3 is 2.89 bits per heavy atom. The summed E-state index contributed by atoms with van der Waals surface area (Å²) in [5, 5.41) is 3.12. The quantitative estimate of drug-likeness (QED) is 0.663. The van der Waals surface area contributed by atoms with Crippen molar-refractivity contribution in [1.82, 2.24) is 5.32 Å². The molecule has 0 heterocycles. The molecule has 3 nitrogen and oxygen atoms in total.